The zero-order chi connectivity index (χ0) is 23.1. The van der Waals surface area contributed by atoms with E-state index >= 15 is 0 Å². The molecule has 0 unspecified atom stereocenters. The Morgan fingerprint density at radius 3 is 2.52 bits per heavy atom. The number of amides is 2. The summed E-state index contributed by atoms with van der Waals surface area (Å²) in [7, 11) is 0. The Hall–Kier alpha value is -2.93. The van der Waals surface area contributed by atoms with Gasteiger partial charge in [0.15, 0.2) is 0 Å². The molecule has 2 atom stereocenters. The zero-order valence-electron chi connectivity index (χ0n) is 18.3. The first-order chi connectivity index (χ1) is 14.9. The van der Waals surface area contributed by atoms with Crippen LogP contribution < -0.4 is 5.32 Å². The molecule has 170 valence electrons. The van der Waals surface area contributed by atoms with Gasteiger partial charge in [-0.2, -0.15) is 0 Å². The van der Waals surface area contributed by atoms with Crippen LogP contribution in [0.5, 0.6) is 0 Å². The van der Waals surface area contributed by atoms with Gasteiger partial charge < -0.3 is 20.1 Å². The number of carbonyl (C=O) groups is 3. The lowest BCUT2D eigenvalue weighted by Gasteiger charge is -2.24. The van der Waals surface area contributed by atoms with E-state index in [9.17, 15) is 19.5 Å². The minimum absolute atomic E-state index is 0.00180. The molecule has 0 aliphatic carbocycles. The molecule has 0 radical (unpaired) electrons. The third-order valence-electron chi connectivity index (χ3n) is 4.63. The molecule has 0 saturated carbocycles. The van der Waals surface area contributed by atoms with Crippen molar-refractivity contribution in [2.45, 2.75) is 45.3 Å². The topological polar surface area (TPSA) is 95.9 Å². The van der Waals surface area contributed by atoms with E-state index < -0.39 is 12.0 Å². The molecule has 2 N–H and O–H groups in total. The average Bonchev–Trinajstić information content (AvgIpc) is 2.76. The maximum Gasteiger partial charge on any atom is 0.306 e. The normalized spacial score (nSPS) is 12.3. The standard InChI is InChI=1S/C24H34N2O5/c1-4-6-13-23(29)31-19(3)17-25-24(30)21(10-5-2)16-22(28)26(14-15-27)18-20-11-8-7-9-12-20/h4-5,7-9,11-12,19,21,27H,1-2,6,10,13-18H2,3H3,(H,25,30)/t19-,21+/m0/s1. The molecule has 0 bridgehead atoms. The van der Waals surface area contributed by atoms with Gasteiger partial charge in [-0.15, -0.1) is 13.2 Å². The highest BCUT2D eigenvalue weighted by Crippen LogP contribution is 2.14. The number of nitrogens with zero attached hydrogens (tertiary/aromatic N) is 1. The van der Waals surface area contributed by atoms with Crippen molar-refractivity contribution in [2.24, 2.45) is 5.92 Å². The van der Waals surface area contributed by atoms with Crippen molar-refractivity contribution in [1.29, 1.82) is 0 Å². The number of carbonyl (C=O) groups excluding carboxylic acids is 3. The number of hydrogen-bond donors (Lipinski definition) is 2. The van der Waals surface area contributed by atoms with Crippen molar-refractivity contribution in [3.05, 3.63) is 61.2 Å². The van der Waals surface area contributed by atoms with Crippen molar-refractivity contribution in [3.8, 4) is 0 Å². The number of aliphatic hydroxyl groups excluding tert-OH is 1. The number of aliphatic hydroxyl groups is 1. The molecule has 31 heavy (non-hydrogen) atoms. The van der Waals surface area contributed by atoms with Gasteiger partial charge in [-0.25, -0.2) is 0 Å². The number of benzene rings is 1. The second-order valence-electron chi connectivity index (χ2n) is 7.32. The number of allylic oxidation sites excluding steroid dienone is 2. The van der Waals surface area contributed by atoms with E-state index in [0.29, 0.717) is 19.4 Å². The predicted molar refractivity (Wildman–Crippen MR) is 120 cm³/mol. The first kappa shape index (κ1) is 26.1. The average molecular weight is 431 g/mol. The minimum atomic E-state index is -0.592. The highest BCUT2D eigenvalue weighted by molar-refractivity contribution is 5.86. The Labute approximate surface area is 184 Å². The summed E-state index contributed by atoms with van der Waals surface area (Å²) in [5.74, 6) is -1.46. The molecule has 7 nitrogen and oxygen atoms in total. The predicted octanol–water partition coefficient (Wildman–Crippen LogP) is 2.60. The molecule has 7 heteroatoms. The summed E-state index contributed by atoms with van der Waals surface area (Å²) >= 11 is 0. The fraction of sp³-hybridized carbons (Fsp3) is 0.458. The van der Waals surface area contributed by atoms with Gasteiger partial charge in [0.2, 0.25) is 11.8 Å². The van der Waals surface area contributed by atoms with E-state index in [-0.39, 0.29) is 50.3 Å². The van der Waals surface area contributed by atoms with E-state index in [1.54, 1.807) is 24.0 Å². The van der Waals surface area contributed by atoms with Crippen LogP contribution in [0.3, 0.4) is 0 Å². The van der Waals surface area contributed by atoms with Crippen LogP contribution in [0.4, 0.5) is 0 Å². The SMILES string of the molecule is C=CCCC(=O)O[C@@H](C)CNC(=O)[C@H](CC=C)CC(=O)N(CCO)Cc1ccccc1. The molecule has 0 fully saturated rings. The second kappa shape index (κ2) is 15.0. The van der Waals surface area contributed by atoms with Gasteiger partial charge in [0.1, 0.15) is 6.10 Å². The quantitative estimate of drug-likeness (QED) is 0.329. The third-order valence-corrected chi connectivity index (χ3v) is 4.63. The van der Waals surface area contributed by atoms with Crippen LogP contribution in [0, 0.1) is 5.92 Å². The molecule has 1 aromatic carbocycles. The van der Waals surface area contributed by atoms with Crippen LogP contribution in [0.25, 0.3) is 0 Å². The van der Waals surface area contributed by atoms with Crippen LogP contribution in [0.15, 0.2) is 55.6 Å². The zero-order valence-corrected chi connectivity index (χ0v) is 18.3. The minimum Gasteiger partial charge on any atom is -0.461 e. The smallest absolute Gasteiger partial charge is 0.306 e. The second-order valence-corrected chi connectivity index (χ2v) is 7.32. The number of esters is 1. The molecule has 2 amide bonds. The lowest BCUT2D eigenvalue weighted by Crippen LogP contribution is -2.40. The molecule has 0 aliphatic rings. The van der Waals surface area contributed by atoms with Crippen LogP contribution >= 0.6 is 0 Å². The lowest BCUT2D eigenvalue weighted by atomic mass is 9.99. The Bertz CT molecular complexity index is 720. The van der Waals surface area contributed by atoms with Crippen molar-refractivity contribution in [3.63, 3.8) is 0 Å². The Morgan fingerprint density at radius 1 is 1.19 bits per heavy atom. The van der Waals surface area contributed by atoms with Crippen molar-refractivity contribution >= 4 is 17.8 Å². The Morgan fingerprint density at radius 2 is 1.90 bits per heavy atom. The lowest BCUT2D eigenvalue weighted by molar-refractivity contribution is -0.148. The van der Waals surface area contributed by atoms with Gasteiger partial charge in [0.05, 0.1) is 19.1 Å². The van der Waals surface area contributed by atoms with Gasteiger partial charge in [0, 0.05) is 25.9 Å². The van der Waals surface area contributed by atoms with Crippen molar-refractivity contribution in [1.82, 2.24) is 10.2 Å². The van der Waals surface area contributed by atoms with Crippen LogP contribution in [-0.4, -0.2) is 53.6 Å². The highest BCUT2D eigenvalue weighted by Gasteiger charge is 2.24. The van der Waals surface area contributed by atoms with E-state index in [2.05, 4.69) is 18.5 Å². The monoisotopic (exact) mass is 430 g/mol. The van der Waals surface area contributed by atoms with Gasteiger partial charge in [0.25, 0.3) is 0 Å². The first-order valence-electron chi connectivity index (χ1n) is 10.5. The first-order valence-corrected chi connectivity index (χ1v) is 10.5. The van der Waals surface area contributed by atoms with Crippen molar-refractivity contribution < 1.29 is 24.2 Å². The maximum absolute atomic E-state index is 12.8. The molecule has 0 spiro atoms. The van der Waals surface area contributed by atoms with Crippen LogP contribution in [0.1, 0.15) is 38.2 Å². The fourth-order valence-electron chi connectivity index (χ4n) is 2.97. The largest absolute Gasteiger partial charge is 0.461 e. The number of ether oxygens (including phenoxy) is 1. The summed E-state index contributed by atoms with van der Waals surface area (Å²) in [6.45, 7) is 9.48. The van der Waals surface area contributed by atoms with E-state index in [1.807, 2.05) is 30.3 Å². The number of nitrogens with one attached hydrogen (secondary N) is 1. The molecule has 0 heterocycles. The molecule has 1 rings (SSSR count). The van der Waals surface area contributed by atoms with Gasteiger partial charge in [-0.1, -0.05) is 42.5 Å². The molecule has 0 aromatic heterocycles. The number of rotatable bonds is 15. The summed E-state index contributed by atoms with van der Waals surface area (Å²) in [5.41, 5.74) is 0.945. The Balaban J connectivity index is 2.64. The highest BCUT2D eigenvalue weighted by atomic mass is 16.5. The number of hydrogen-bond acceptors (Lipinski definition) is 5. The van der Waals surface area contributed by atoms with Gasteiger partial charge >= 0.3 is 5.97 Å². The molecule has 1 aromatic rings. The van der Waals surface area contributed by atoms with Crippen molar-refractivity contribution in [2.75, 3.05) is 19.7 Å². The summed E-state index contributed by atoms with van der Waals surface area (Å²) in [5, 5.41) is 12.1. The van der Waals surface area contributed by atoms with Crippen LogP contribution in [-0.2, 0) is 25.7 Å². The van der Waals surface area contributed by atoms with Gasteiger partial charge in [-0.05, 0) is 25.3 Å². The molecule has 0 saturated heterocycles. The molecular weight excluding hydrogens is 396 g/mol. The molecule has 0 aliphatic heterocycles. The van der Waals surface area contributed by atoms with Gasteiger partial charge in [-0.3, -0.25) is 14.4 Å². The Kier molecular flexibility index (Phi) is 12.6. The fourth-order valence-corrected chi connectivity index (χ4v) is 2.97. The van der Waals surface area contributed by atoms with E-state index in [1.165, 1.54) is 0 Å². The van der Waals surface area contributed by atoms with E-state index in [4.69, 9.17) is 4.74 Å². The summed E-state index contributed by atoms with van der Waals surface area (Å²) in [4.78, 5) is 38.7. The molecular formula is C24H34N2O5. The van der Waals surface area contributed by atoms with Crippen LogP contribution in [0.2, 0.25) is 0 Å². The third kappa shape index (κ3) is 10.6. The van der Waals surface area contributed by atoms with E-state index in [0.717, 1.165) is 5.56 Å². The summed E-state index contributed by atoms with van der Waals surface area (Å²) < 4.78 is 5.24. The maximum atomic E-state index is 12.8. The summed E-state index contributed by atoms with van der Waals surface area (Å²) in [6, 6.07) is 9.48. The summed E-state index contributed by atoms with van der Waals surface area (Å²) in [6.07, 6.45) is 3.88.